The van der Waals surface area contributed by atoms with E-state index < -0.39 is 18.1 Å². The third-order valence-electron chi connectivity index (χ3n) is 2.80. The van der Waals surface area contributed by atoms with Gasteiger partial charge in [0.2, 0.25) is 0 Å². The second-order valence-electron chi connectivity index (χ2n) is 4.28. The number of benzene rings is 1. The molecule has 0 spiro atoms. The van der Waals surface area contributed by atoms with Gasteiger partial charge in [-0.15, -0.1) is 13.2 Å². The molecule has 9 heteroatoms. The number of aromatic nitrogens is 3. The van der Waals surface area contributed by atoms with Crippen LogP contribution in [0, 0.1) is 0 Å². The van der Waals surface area contributed by atoms with Crippen molar-refractivity contribution in [3.05, 3.63) is 40.6 Å². The van der Waals surface area contributed by atoms with Crippen LogP contribution in [0.3, 0.4) is 0 Å². The van der Waals surface area contributed by atoms with E-state index in [9.17, 15) is 18.0 Å². The first-order chi connectivity index (χ1) is 9.81. The Morgan fingerprint density at radius 2 is 2.00 bits per heavy atom. The average molecular weight is 302 g/mol. The molecular formula is C12H13F3N4O2. The van der Waals surface area contributed by atoms with Crippen molar-refractivity contribution in [2.24, 2.45) is 5.73 Å². The summed E-state index contributed by atoms with van der Waals surface area (Å²) in [6, 6.07) is 4.41. The number of hydrogen-bond acceptors (Lipinski definition) is 4. The molecule has 0 saturated carbocycles. The van der Waals surface area contributed by atoms with Gasteiger partial charge < -0.3 is 10.5 Å². The molecule has 0 amide bonds. The van der Waals surface area contributed by atoms with Gasteiger partial charge in [0.1, 0.15) is 5.75 Å². The number of rotatable bonds is 4. The smallest absolute Gasteiger partial charge is 0.406 e. The van der Waals surface area contributed by atoms with Crippen molar-refractivity contribution in [3.8, 4) is 11.4 Å². The van der Waals surface area contributed by atoms with Gasteiger partial charge >= 0.3 is 12.1 Å². The number of halogens is 3. The van der Waals surface area contributed by atoms with Gasteiger partial charge in [-0.25, -0.2) is 14.5 Å². The van der Waals surface area contributed by atoms with Crippen LogP contribution >= 0.6 is 0 Å². The summed E-state index contributed by atoms with van der Waals surface area (Å²) in [7, 11) is 0. The van der Waals surface area contributed by atoms with Crippen LogP contribution in [-0.4, -0.2) is 21.1 Å². The van der Waals surface area contributed by atoms with Crippen LogP contribution < -0.4 is 16.2 Å². The number of hydrogen-bond donors (Lipinski definition) is 2. The van der Waals surface area contributed by atoms with Crippen LogP contribution in [0.1, 0.15) is 25.2 Å². The number of nitrogens with zero attached hydrogens (tertiary/aromatic N) is 2. The lowest BCUT2D eigenvalue weighted by Crippen LogP contribution is -2.21. The lowest BCUT2D eigenvalue weighted by molar-refractivity contribution is -0.274. The number of aromatic amines is 1. The molecule has 0 aliphatic carbocycles. The molecule has 1 atom stereocenters. The topological polar surface area (TPSA) is 85.9 Å². The maximum Gasteiger partial charge on any atom is 0.573 e. The van der Waals surface area contributed by atoms with Crippen molar-refractivity contribution in [2.45, 2.75) is 25.7 Å². The summed E-state index contributed by atoms with van der Waals surface area (Å²) in [6.07, 6.45) is -4.21. The molecule has 1 unspecified atom stereocenters. The largest absolute Gasteiger partial charge is 0.573 e. The average Bonchev–Trinajstić information content (AvgIpc) is 2.79. The van der Waals surface area contributed by atoms with Gasteiger partial charge in [-0.05, 0) is 30.7 Å². The van der Waals surface area contributed by atoms with Gasteiger partial charge in [0.15, 0.2) is 5.82 Å². The Morgan fingerprint density at radius 3 is 2.52 bits per heavy atom. The molecule has 0 fully saturated rings. The number of H-pyrrole nitrogens is 1. The fourth-order valence-corrected chi connectivity index (χ4v) is 1.79. The van der Waals surface area contributed by atoms with Crippen molar-refractivity contribution >= 4 is 0 Å². The molecular weight excluding hydrogens is 289 g/mol. The summed E-state index contributed by atoms with van der Waals surface area (Å²) in [4.78, 5) is 11.8. The molecule has 0 aliphatic rings. The van der Waals surface area contributed by atoms with Crippen LogP contribution in [-0.2, 0) is 0 Å². The van der Waals surface area contributed by atoms with Gasteiger partial charge in [0.25, 0.3) is 0 Å². The summed E-state index contributed by atoms with van der Waals surface area (Å²) in [5.74, 6) is -0.0591. The Balaban J connectivity index is 2.35. The van der Waals surface area contributed by atoms with E-state index in [0.29, 0.717) is 17.9 Å². The molecule has 0 bridgehead atoms. The Hall–Kier alpha value is -2.29. The predicted molar refractivity (Wildman–Crippen MR) is 68.1 cm³/mol. The van der Waals surface area contributed by atoms with Crippen LogP contribution in [0.25, 0.3) is 5.69 Å². The van der Waals surface area contributed by atoms with E-state index in [1.54, 1.807) is 0 Å². The fraction of sp³-hybridized carbons (Fsp3) is 0.333. The first-order valence-electron chi connectivity index (χ1n) is 6.11. The molecule has 2 aromatic rings. The Kier molecular flexibility index (Phi) is 4.03. The third kappa shape index (κ3) is 3.43. The second-order valence-corrected chi connectivity index (χ2v) is 4.28. The Labute approximate surface area is 117 Å². The van der Waals surface area contributed by atoms with E-state index in [0.717, 1.165) is 12.1 Å². The first kappa shape index (κ1) is 15.1. The summed E-state index contributed by atoms with van der Waals surface area (Å²) in [6.45, 7) is 1.83. The van der Waals surface area contributed by atoms with E-state index in [1.165, 1.54) is 16.7 Å². The zero-order valence-corrected chi connectivity index (χ0v) is 11.0. The second kappa shape index (κ2) is 5.60. The zero-order valence-electron chi connectivity index (χ0n) is 11.0. The minimum atomic E-state index is -4.76. The maximum absolute atomic E-state index is 12.1. The van der Waals surface area contributed by atoms with Crippen molar-refractivity contribution < 1.29 is 17.9 Å². The summed E-state index contributed by atoms with van der Waals surface area (Å²) < 4.78 is 41.2. The molecule has 114 valence electrons. The van der Waals surface area contributed by atoms with Gasteiger partial charge in [0.05, 0.1) is 11.7 Å². The maximum atomic E-state index is 12.1. The molecule has 1 aromatic carbocycles. The predicted octanol–water partition coefficient (Wildman–Crippen LogP) is 1.87. The van der Waals surface area contributed by atoms with Crippen LogP contribution in [0.5, 0.6) is 5.75 Å². The summed E-state index contributed by atoms with van der Waals surface area (Å²) >= 11 is 0. The van der Waals surface area contributed by atoms with E-state index >= 15 is 0 Å². The van der Waals surface area contributed by atoms with E-state index in [4.69, 9.17) is 5.73 Å². The number of nitrogens with one attached hydrogen (secondary N) is 1. The fourth-order valence-electron chi connectivity index (χ4n) is 1.79. The molecule has 2 rings (SSSR count). The monoisotopic (exact) mass is 302 g/mol. The highest BCUT2D eigenvalue weighted by atomic mass is 19.4. The van der Waals surface area contributed by atoms with Crippen LogP contribution in [0.4, 0.5) is 13.2 Å². The van der Waals surface area contributed by atoms with Crippen molar-refractivity contribution in [3.63, 3.8) is 0 Å². The van der Waals surface area contributed by atoms with E-state index in [-0.39, 0.29) is 5.75 Å². The lowest BCUT2D eigenvalue weighted by atomic mass is 10.2. The quantitative estimate of drug-likeness (QED) is 0.902. The molecule has 21 heavy (non-hydrogen) atoms. The van der Waals surface area contributed by atoms with Gasteiger partial charge in [-0.2, -0.15) is 5.10 Å². The molecule has 6 nitrogen and oxygen atoms in total. The summed E-state index contributed by atoms with van der Waals surface area (Å²) in [5, 5.41) is 6.10. The van der Waals surface area contributed by atoms with Crippen LogP contribution in [0.2, 0.25) is 0 Å². The van der Waals surface area contributed by atoms with Crippen molar-refractivity contribution in [2.75, 3.05) is 0 Å². The van der Waals surface area contributed by atoms with Crippen molar-refractivity contribution in [1.29, 1.82) is 0 Å². The van der Waals surface area contributed by atoms with Crippen LogP contribution in [0.15, 0.2) is 29.1 Å². The lowest BCUT2D eigenvalue weighted by Gasteiger charge is -2.12. The highest BCUT2D eigenvalue weighted by Crippen LogP contribution is 2.24. The molecule has 0 aliphatic heterocycles. The molecule has 0 saturated heterocycles. The van der Waals surface area contributed by atoms with E-state index in [1.807, 2.05) is 6.92 Å². The van der Waals surface area contributed by atoms with Gasteiger partial charge in [0, 0.05) is 0 Å². The molecule has 1 aromatic heterocycles. The van der Waals surface area contributed by atoms with Crippen molar-refractivity contribution in [1.82, 2.24) is 14.8 Å². The summed E-state index contributed by atoms with van der Waals surface area (Å²) in [5.41, 5.74) is 5.68. The highest BCUT2D eigenvalue weighted by Gasteiger charge is 2.31. The SMILES string of the molecule is CCC(N)c1n[nH]c(=O)n1-c1ccc(OC(F)(F)F)cc1. The first-order valence-corrected chi connectivity index (χ1v) is 6.11. The van der Waals surface area contributed by atoms with Gasteiger partial charge in [-0.3, -0.25) is 0 Å². The molecule has 1 heterocycles. The highest BCUT2D eigenvalue weighted by molar-refractivity contribution is 5.38. The Bertz CT molecular complexity index is 660. The Morgan fingerprint density at radius 1 is 1.38 bits per heavy atom. The zero-order chi connectivity index (χ0) is 15.6. The minimum absolute atomic E-state index is 0.312. The van der Waals surface area contributed by atoms with E-state index in [2.05, 4.69) is 14.9 Å². The normalized spacial score (nSPS) is 13.2. The standard InChI is InChI=1S/C12H13F3N4O2/c1-2-9(16)10-17-18-11(20)19(10)7-3-5-8(6-4-7)21-12(13,14)15/h3-6,9H,2,16H2,1H3,(H,18,20). The number of ether oxygens (including phenoxy) is 1. The molecule has 0 radical (unpaired) electrons. The number of nitrogens with two attached hydrogens (primary N) is 1. The third-order valence-corrected chi connectivity index (χ3v) is 2.80. The van der Waals surface area contributed by atoms with Gasteiger partial charge in [-0.1, -0.05) is 6.92 Å². The number of alkyl halides is 3. The minimum Gasteiger partial charge on any atom is -0.406 e. The molecule has 3 N–H and O–H groups in total.